The number of aliphatic hydroxyl groups excluding tert-OH is 1. The lowest BCUT2D eigenvalue weighted by molar-refractivity contribution is -0.161. The van der Waals surface area contributed by atoms with Crippen molar-refractivity contribution in [3.8, 4) is 5.75 Å². The van der Waals surface area contributed by atoms with Gasteiger partial charge in [-0.3, -0.25) is 9.59 Å². The van der Waals surface area contributed by atoms with Gasteiger partial charge in [0.2, 0.25) is 5.91 Å². The van der Waals surface area contributed by atoms with Crippen LogP contribution in [0.1, 0.15) is 64.0 Å². The third-order valence-electron chi connectivity index (χ3n) is 6.28. The molecule has 2 atom stereocenters. The molecule has 0 saturated carbocycles. The van der Waals surface area contributed by atoms with Crippen LogP contribution in [0.2, 0.25) is 0 Å². The molecule has 0 aromatic heterocycles. The van der Waals surface area contributed by atoms with Gasteiger partial charge in [-0.25, -0.2) is 0 Å². The van der Waals surface area contributed by atoms with Gasteiger partial charge in [-0.05, 0) is 63.1 Å². The number of piperidine rings is 2. The van der Waals surface area contributed by atoms with E-state index in [-0.39, 0.29) is 24.3 Å². The fourth-order valence-corrected chi connectivity index (χ4v) is 4.52. The molecule has 2 saturated heterocycles. The number of carbonyl (C=O) groups excluding carboxylic acids is 2. The summed E-state index contributed by atoms with van der Waals surface area (Å²) in [5.41, 5.74) is 0.154. The normalized spacial score (nSPS) is 25.3. The van der Waals surface area contributed by atoms with Gasteiger partial charge in [-0.1, -0.05) is 26.0 Å². The molecule has 29 heavy (non-hydrogen) atoms. The third kappa shape index (κ3) is 4.13. The van der Waals surface area contributed by atoms with Crippen molar-refractivity contribution in [2.45, 2.75) is 71.5 Å². The second kappa shape index (κ2) is 7.98. The number of nitrogens with zero attached hydrogens (tertiary/aromatic N) is 1. The minimum absolute atomic E-state index is 0.145. The van der Waals surface area contributed by atoms with Crippen molar-refractivity contribution in [1.82, 2.24) is 10.2 Å². The Balaban J connectivity index is 1.82. The van der Waals surface area contributed by atoms with E-state index >= 15 is 0 Å². The highest BCUT2D eigenvalue weighted by Gasteiger charge is 2.52. The van der Waals surface area contributed by atoms with E-state index in [2.05, 4.69) is 31.3 Å². The molecule has 2 N–H and O–H groups in total. The van der Waals surface area contributed by atoms with Crippen LogP contribution in [0.25, 0.3) is 0 Å². The van der Waals surface area contributed by atoms with Crippen LogP contribution in [0, 0.1) is 12.3 Å². The number of hydrogen-bond acceptors (Lipinski definition) is 4. The summed E-state index contributed by atoms with van der Waals surface area (Å²) < 4.78 is 6.27. The molecule has 2 heterocycles. The maximum absolute atomic E-state index is 13.4. The topological polar surface area (TPSA) is 78.9 Å². The van der Waals surface area contributed by atoms with Crippen molar-refractivity contribution in [2.75, 3.05) is 19.6 Å². The fourth-order valence-electron chi connectivity index (χ4n) is 4.52. The zero-order valence-electron chi connectivity index (χ0n) is 18.2. The number of benzene rings is 1. The third-order valence-corrected chi connectivity index (χ3v) is 6.28. The lowest BCUT2D eigenvalue weighted by Gasteiger charge is -2.48. The Morgan fingerprint density at radius 2 is 2.10 bits per heavy atom. The summed E-state index contributed by atoms with van der Waals surface area (Å²) in [5, 5.41) is 13.5. The van der Waals surface area contributed by atoms with Crippen molar-refractivity contribution in [3.05, 3.63) is 29.3 Å². The summed E-state index contributed by atoms with van der Waals surface area (Å²) in [4.78, 5) is 27.7. The summed E-state index contributed by atoms with van der Waals surface area (Å²) in [6.07, 6.45) is 1.09. The summed E-state index contributed by atoms with van der Waals surface area (Å²) >= 11 is 0. The van der Waals surface area contributed by atoms with Gasteiger partial charge in [0.05, 0.1) is 11.5 Å². The first-order valence-electron chi connectivity index (χ1n) is 10.6. The lowest BCUT2D eigenvalue weighted by Crippen LogP contribution is -2.64. The van der Waals surface area contributed by atoms with Crippen LogP contribution < -0.4 is 10.1 Å². The molecule has 0 aliphatic carbocycles. The summed E-state index contributed by atoms with van der Waals surface area (Å²) in [5.74, 6) is 0.697. The van der Waals surface area contributed by atoms with Crippen LogP contribution in [0.15, 0.2) is 18.2 Å². The number of ether oxygens (including phenoxy) is 1. The predicted octanol–water partition coefficient (Wildman–Crippen LogP) is 2.77. The molecule has 2 aliphatic heterocycles. The zero-order valence-corrected chi connectivity index (χ0v) is 18.2. The van der Waals surface area contributed by atoms with Gasteiger partial charge in [0.25, 0.3) is 5.91 Å². The number of aryl methyl sites for hydroxylation is 1. The Morgan fingerprint density at radius 3 is 2.76 bits per heavy atom. The molecular formula is C23H34N2O4. The first kappa shape index (κ1) is 21.6. The zero-order chi connectivity index (χ0) is 21.4. The molecule has 2 aliphatic rings. The Hall–Kier alpha value is -2.08. The second-order valence-electron chi connectivity index (χ2n) is 9.36. The van der Waals surface area contributed by atoms with Gasteiger partial charge < -0.3 is 20.1 Å². The van der Waals surface area contributed by atoms with Crippen LogP contribution in [-0.4, -0.2) is 53.2 Å². The van der Waals surface area contributed by atoms with Gasteiger partial charge in [0.15, 0.2) is 5.60 Å². The quantitative estimate of drug-likeness (QED) is 0.812. The molecule has 2 amide bonds. The predicted molar refractivity (Wildman–Crippen MR) is 112 cm³/mol. The SMILES string of the molecule is Cc1ccc(C(C)C)c(OC(C)(C)C(=O)N2CC[C@H](O)[C@@]3(CCCNC3=O)C2)c1. The Labute approximate surface area is 173 Å². The van der Waals surface area contributed by atoms with E-state index in [1.165, 1.54) is 0 Å². The highest BCUT2D eigenvalue weighted by Crippen LogP contribution is 2.38. The first-order valence-corrected chi connectivity index (χ1v) is 10.6. The molecule has 0 unspecified atom stereocenters. The molecule has 0 radical (unpaired) electrons. The number of carbonyl (C=O) groups is 2. The Bertz CT molecular complexity index is 789. The van der Waals surface area contributed by atoms with E-state index in [0.29, 0.717) is 25.9 Å². The average Bonchev–Trinajstić information content (AvgIpc) is 2.65. The summed E-state index contributed by atoms with van der Waals surface area (Å²) in [6, 6.07) is 6.07. The largest absolute Gasteiger partial charge is 0.478 e. The fraction of sp³-hybridized carbons (Fsp3) is 0.652. The standard InChI is InChI=1S/C23H34N2O4/c1-15(2)17-8-7-16(3)13-18(17)29-22(4,5)21(28)25-12-9-19(26)23(14-25)10-6-11-24-20(23)27/h7-8,13,15,19,26H,6,9-12,14H2,1-5H3,(H,24,27)/t19-,23+/m0/s1. The number of nitrogens with one attached hydrogen (secondary N) is 1. The van der Waals surface area contributed by atoms with Crippen molar-refractivity contribution in [3.63, 3.8) is 0 Å². The van der Waals surface area contributed by atoms with Gasteiger partial charge in [-0.2, -0.15) is 0 Å². The number of amides is 2. The van der Waals surface area contributed by atoms with E-state index in [0.717, 1.165) is 23.3 Å². The number of hydrogen-bond donors (Lipinski definition) is 2. The molecular weight excluding hydrogens is 368 g/mol. The van der Waals surface area contributed by atoms with Gasteiger partial charge >= 0.3 is 0 Å². The lowest BCUT2D eigenvalue weighted by atomic mass is 9.71. The van der Waals surface area contributed by atoms with E-state index < -0.39 is 17.1 Å². The smallest absolute Gasteiger partial charge is 0.266 e. The van der Waals surface area contributed by atoms with E-state index in [9.17, 15) is 14.7 Å². The maximum atomic E-state index is 13.4. The van der Waals surface area contributed by atoms with Crippen LogP contribution in [0.3, 0.4) is 0 Å². The van der Waals surface area contributed by atoms with Crippen molar-refractivity contribution >= 4 is 11.8 Å². The minimum atomic E-state index is -1.08. The van der Waals surface area contributed by atoms with Crippen LogP contribution in [-0.2, 0) is 9.59 Å². The van der Waals surface area contributed by atoms with Gasteiger partial charge in [0, 0.05) is 19.6 Å². The molecule has 2 fully saturated rings. The van der Waals surface area contributed by atoms with E-state index in [4.69, 9.17) is 4.74 Å². The molecule has 0 bridgehead atoms. The van der Waals surface area contributed by atoms with E-state index in [1.807, 2.05) is 13.0 Å². The van der Waals surface area contributed by atoms with Crippen LogP contribution >= 0.6 is 0 Å². The average molecular weight is 403 g/mol. The molecule has 1 spiro atoms. The second-order valence-corrected chi connectivity index (χ2v) is 9.36. The van der Waals surface area contributed by atoms with Crippen molar-refractivity contribution < 1.29 is 19.4 Å². The highest BCUT2D eigenvalue weighted by molar-refractivity contribution is 5.88. The molecule has 3 rings (SSSR count). The summed E-state index contributed by atoms with van der Waals surface area (Å²) in [7, 11) is 0. The number of likely N-dealkylation sites (tertiary alicyclic amines) is 1. The van der Waals surface area contributed by atoms with Crippen molar-refractivity contribution in [1.29, 1.82) is 0 Å². The first-order chi connectivity index (χ1) is 13.6. The highest BCUT2D eigenvalue weighted by atomic mass is 16.5. The summed E-state index contributed by atoms with van der Waals surface area (Å²) in [6.45, 7) is 11.0. The van der Waals surface area contributed by atoms with Crippen molar-refractivity contribution in [2.24, 2.45) is 5.41 Å². The number of rotatable bonds is 4. The monoisotopic (exact) mass is 402 g/mol. The molecule has 1 aromatic rings. The Kier molecular flexibility index (Phi) is 5.95. The maximum Gasteiger partial charge on any atom is 0.266 e. The van der Waals surface area contributed by atoms with Crippen LogP contribution in [0.4, 0.5) is 0 Å². The van der Waals surface area contributed by atoms with Gasteiger partial charge in [0.1, 0.15) is 5.75 Å². The molecule has 1 aromatic carbocycles. The molecule has 160 valence electrons. The van der Waals surface area contributed by atoms with Crippen LogP contribution in [0.5, 0.6) is 5.75 Å². The Morgan fingerprint density at radius 1 is 1.38 bits per heavy atom. The number of aliphatic hydroxyl groups is 1. The minimum Gasteiger partial charge on any atom is -0.478 e. The van der Waals surface area contributed by atoms with E-state index in [1.54, 1.807) is 18.7 Å². The molecule has 6 nitrogen and oxygen atoms in total. The van der Waals surface area contributed by atoms with Gasteiger partial charge in [-0.15, -0.1) is 0 Å². The molecule has 6 heteroatoms.